The van der Waals surface area contributed by atoms with Crippen molar-refractivity contribution < 1.29 is 0 Å². The summed E-state index contributed by atoms with van der Waals surface area (Å²) >= 11 is 0. The van der Waals surface area contributed by atoms with Crippen LogP contribution in [-0.2, 0) is 0 Å². The van der Waals surface area contributed by atoms with Crippen LogP contribution in [0.3, 0.4) is 0 Å². The molecular formula is C9H13N. The molecule has 0 radical (unpaired) electrons. The van der Waals surface area contributed by atoms with Gasteiger partial charge in [0.1, 0.15) is 0 Å². The minimum Gasteiger partial charge on any atom is -0.300 e. The maximum absolute atomic E-state index is 5.14. The van der Waals surface area contributed by atoms with Gasteiger partial charge < -0.3 is 0 Å². The van der Waals surface area contributed by atoms with Crippen LogP contribution in [0.25, 0.3) is 0 Å². The molecule has 0 amide bonds. The Morgan fingerprint density at radius 2 is 2.40 bits per heavy atom. The van der Waals surface area contributed by atoms with E-state index in [2.05, 4.69) is 23.5 Å². The van der Waals surface area contributed by atoms with E-state index < -0.39 is 0 Å². The maximum atomic E-state index is 5.14. The molecule has 54 valence electrons. The van der Waals surface area contributed by atoms with Crippen LogP contribution in [0.5, 0.6) is 0 Å². The highest BCUT2D eigenvalue weighted by Crippen LogP contribution is 1.85. The third kappa shape index (κ3) is 3.97. The minimum absolute atomic E-state index is 0.128. The van der Waals surface area contributed by atoms with Crippen LogP contribution < -0.4 is 5.32 Å². The first kappa shape index (κ1) is 9.04. The Bertz CT molecular complexity index is 179. The minimum atomic E-state index is 0.128. The van der Waals surface area contributed by atoms with Gasteiger partial charge in [-0.3, -0.25) is 5.32 Å². The van der Waals surface area contributed by atoms with Gasteiger partial charge in [-0.2, -0.15) is 0 Å². The van der Waals surface area contributed by atoms with E-state index in [1.165, 1.54) is 0 Å². The van der Waals surface area contributed by atoms with Gasteiger partial charge in [0.15, 0.2) is 0 Å². The van der Waals surface area contributed by atoms with E-state index in [1.807, 2.05) is 13.8 Å². The summed E-state index contributed by atoms with van der Waals surface area (Å²) in [5, 5.41) is 3.11. The lowest BCUT2D eigenvalue weighted by Gasteiger charge is -2.04. The second kappa shape index (κ2) is 4.88. The molecule has 0 aromatic heterocycles. The van der Waals surface area contributed by atoms with Crippen LogP contribution in [0.1, 0.15) is 13.8 Å². The number of hydrogen-bond donors (Lipinski definition) is 1. The topological polar surface area (TPSA) is 12.0 Å². The summed E-state index contributed by atoms with van der Waals surface area (Å²) in [6.45, 7) is 8.19. The molecule has 0 spiro atoms. The van der Waals surface area contributed by atoms with Crippen LogP contribution in [0.4, 0.5) is 0 Å². The Morgan fingerprint density at radius 3 is 2.80 bits per heavy atom. The first-order valence-corrected chi connectivity index (χ1v) is 3.25. The highest BCUT2D eigenvalue weighted by Gasteiger charge is 1.93. The van der Waals surface area contributed by atoms with Crippen molar-refractivity contribution in [2.24, 2.45) is 0 Å². The smallest absolute Gasteiger partial charge is 0.0661 e. The van der Waals surface area contributed by atoms with Crippen LogP contribution in [-0.4, -0.2) is 12.6 Å². The summed E-state index contributed by atoms with van der Waals surface area (Å²) in [5.41, 5.74) is 3.87. The molecular weight excluding hydrogens is 122 g/mol. The summed E-state index contributed by atoms with van der Waals surface area (Å²) in [6, 6.07) is 0.128. The van der Waals surface area contributed by atoms with Crippen molar-refractivity contribution in [3.63, 3.8) is 0 Å². The van der Waals surface area contributed by atoms with Crippen molar-refractivity contribution in [3.05, 3.63) is 17.9 Å². The maximum Gasteiger partial charge on any atom is 0.0661 e. The van der Waals surface area contributed by atoms with Gasteiger partial charge in [0, 0.05) is 6.54 Å². The average molecular weight is 135 g/mol. The summed E-state index contributed by atoms with van der Waals surface area (Å²) in [7, 11) is 0. The molecule has 0 saturated heterocycles. The molecule has 1 N–H and O–H groups in total. The summed E-state index contributed by atoms with van der Waals surface area (Å²) in [6.07, 6.45) is 5.14. The van der Waals surface area contributed by atoms with Crippen molar-refractivity contribution in [3.8, 4) is 12.3 Å². The van der Waals surface area contributed by atoms with Gasteiger partial charge in [-0.05, 0) is 19.4 Å². The Labute approximate surface area is 62.8 Å². The van der Waals surface area contributed by atoms with Crippen molar-refractivity contribution in [2.75, 3.05) is 6.54 Å². The summed E-state index contributed by atoms with van der Waals surface area (Å²) < 4.78 is 0. The summed E-state index contributed by atoms with van der Waals surface area (Å²) in [4.78, 5) is 0. The van der Waals surface area contributed by atoms with E-state index >= 15 is 0 Å². The van der Waals surface area contributed by atoms with Crippen LogP contribution in [0, 0.1) is 12.3 Å². The van der Waals surface area contributed by atoms with Gasteiger partial charge in [-0.25, -0.2) is 0 Å². The number of nitrogens with one attached hydrogen (secondary N) is 1. The first-order valence-electron chi connectivity index (χ1n) is 3.25. The lowest BCUT2D eigenvalue weighted by molar-refractivity contribution is 0.688. The predicted octanol–water partition coefficient (Wildman–Crippen LogP) is 1.33. The Morgan fingerprint density at radius 1 is 1.80 bits per heavy atom. The zero-order valence-electron chi connectivity index (χ0n) is 6.57. The molecule has 0 aliphatic heterocycles. The van der Waals surface area contributed by atoms with Gasteiger partial charge >= 0.3 is 0 Å². The van der Waals surface area contributed by atoms with Gasteiger partial charge in [-0.1, -0.05) is 12.5 Å². The second-order valence-corrected chi connectivity index (χ2v) is 2.23. The molecule has 0 bridgehead atoms. The number of rotatable bonds is 3. The van der Waals surface area contributed by atoms with Gasteiger partial charge in [0.05, 0.1) is 6.04 Å². The molecule has 1 unspecified atom stereocenters. The normalized spacial score (nSPS) is 11.3. The van der Waals surface area contributed by atoms with Crippen LogP contribution >= 0.6 is 0 Å². The Hall–Kier alpha value is -0.960. The predicted molar refractivity (Wildman–Crippen MR) is 44.6 cm³/mol. The first-order chi connectivity index (χ1) is 4.70. The fourth-order valence-corrected chi connectivity index (χ4v) is 0.428. The fraction of sp³-hybridized carbons (Fsp3) is 0.444. The zero-order valence-corrected chi connectivity index (χ0v) is 6.57. The van der Waals surface area contributed by atoms with Gasteiger partial charge in [-0.15, -0.1) is 12.2 Å². The molecule has 10 heavy (non-hydrogen) atoms. The van der Waals surface area contributed by atoms with Gasteiger partial charge in [0.2, 0.25) is 0 Å². The average Bonchev–Trinajstić information content (AvgIpc) is 1.99. The third-order valence-electron chi connectivity index (χ3n) is 1.23. The van der Waals surface area contributed by atoms with E-state index in [4.69, 9.17) is 6.42 Å². The molecule has 0 aromatic rings. The van der Waals surface area contributed by atoms with E-state index in [1.54, 1.807) is 0 Å². The third-order valence-corrected chi connectivity index (χ3v) is 1.23. The molecule has 0 saturated carbocycles. The molecule has 0 rings (SSSR count). The van der Waals surface area contributed by atoms with E-state index in [0.29, 0.717) is 0 Å². The van der Waals surface area contributed by atoms with E-state index in [-0.39, 0.29) is 6.04 Å². The van der Waals surface area contributed by atoms with Crippen molar-refractivity contribution in [1.82, 2.24) is 5.32 Å². The quantitative estimate of drug-likeness (QED) is 0.454. The van der Waals surface area contributed by atoms with E-state index in [0.717, 1.165) is 12.1 Å². The number of hydrogen-bond acceptors (Lipinski definition) is 1. The largest absolute Gasteiger partial charge is 0.300 e. The van der Waals surface area contributed by atoms with Crippen molar-refractivity contribution in [1.29, 1.82) is 0 Å². The number of terminal acetylenes is 1. The molecule has 0 aliphatic rings. The second-order valence-electron chi connectivity index (χ2n) is 2.23. The van der Waals surface area contributed by atoms with Gasteiger partial charge in [0.25, 0.3) is 0 Å². The Kier molecular flexibility index (Phi) is 4.41. The molecule has 1 atom stereocenters. The molecule has 1 nitrogen and oxygen atoms in total. The SMILES string of the molecule is C#CC(C)NCC(C)=C=C. The molecule has 0 aliphatic carbocycles. The molecule has 0 fully saturated rings. The van der Waals surface area contributed by atoms with Crippen molar-refractivity contribution >= 4 is 0 Å². The standard InChI is InChI=1S/C9H13N/c1-5-8(3)7-10-9(4)6-2/h2,9-10H,1,7H2,3-4H3. The van der Waals surface area contributed by atoms with E-state index in [9.17, 15) is 0 Å². The zero-order chi connectivity index (χ0) is 7.98. The molecule has 0 aromatic carbocycles. The lowest BCUT2D eigenvalue weighted by Crippen LogP contribution is -2.25. The fourth-order valence-electron chi connectivity index (χ4n) is 0.428. The van der Waals surface area contributed by atoms with Crippen LogP contribution in [0.2, 0.25) is 0 Å². The highest BCUT2D eigenvalue weighted by atomic mass is 14.9. The highest BCUT2D eigenvalue weighted by molar-refractivity contribution is 5.01. The lowest BCUT2D eigenvalue weighted by atomic mass is 10.3. The van der Waals surface area contributed by atoms with Crippen LogP contribution in [0.15, 0.2) is 17.9 Å². The molecule has 1 heteroatoms. The van der Waals surface area contributed by atoms with Crippen molar-refractivity contribution in [2.45, 2.75) is 19.9 Å². The summed E-state index contributed by atoms with van der Waals surface area (Å²) in [5.74, 6) is 2.57. The molecule has 0 heterocycles. The monoisotopic (exact) mass is 135 g/mol. The Balaban J connectivity index is 3.57.